The molecule has 3 nitrogen and oxygen atoms in total. The van der Waals surface area contributed by atoms with Gasteiger partial charge in [-0.05, 0) is 55.5 Å². The number of amides is 1. The SMILES string of the molecule is O=C(Cc1ccc(Cl)cc1)Nc1ccccc1OC1CCCCC1. The molecule has 0 aromatic heterocycles. The molecule has 0 unspecified atom stereocenters. The molecule has 4 heteroatoms. The Morgan fingerprint density at radius 2 is 1.75 bits per heavy atom. The fourth-order valence-electron chi connectivity index (χ4n) is 3.02. The third-order valence-electron chi connectivity index (χ3n) is 4.28. The van der Waals surface area contributed by atoms with Gasteiger partial charge in [0.1, 0.15) is 5.75 Å². The highest BCUT2D eigenvalue weighted by molar-refractivity contribution is 6.30. The summed E-state index contributed by atoms with van der Waals surface area (Å²) in [4.78, 5) is 12.3. The number of hydrogen-bond donors (Lipinski definition) is 1. The number of halogens is 1. The number of para-hydroxylation sites is 2. The zero-order valence-corrected chi connectivity index (χ0v) is 14.4. The summed E-state index contributed by atoms with van der Waals surface area (Å²) < 4.78 is 6.12. The summed E-state index contributed by atoms with van der Waals surface area (Å²) in [6.07, 6.45) is 6.48. The summed E-state index contributed by atoms with van der Waals surface area (Å²) in [5, 5.41) is 3.64. The number of nitrogens with one attached hydrogen (secondary N) is 1. The minimum Gasteiger partial charge on any atom is -0.488 e. The predicted molar refractivity (Wildman–Crippen MR) is 97.7 cm³/mol. The van der Waals surface area contributed by atoms with Gasteiger partial charge in [0.15, 0.2) is 0 Å². The minimum absolute atomic E-state index is 0.0583. The number of carbonyl (C=O) groups excluding carboxylic acids is 1. The van der Waals surface area contributed by atoms with E-state index >= 15 is 0 Å². The van der Waals surface area contributed by atoms with E-state index in [4.69, 9.17) is 16.3 Å². The molecule has 1 aliphatic carbocycles. The summed E-state index contributed by atoms with van der Waals surface area (Å²) in [6.45, 7) is 0. The molecule has 0 spiro atoms. The molecule has 2 aromatic carbocycles. The van der Waals surface area contributed by atoms with Gasteiger partial charge in [0.05, 0.1) is 18.2 Å². The second-order valence-corrected chi connectivity index (χ2v) is 6.66. The van der Waals surface area contributed by atoms with Crippen molar-refractivity contribution in [1.29, 1.82) is 0 Å². The first-order valence-electron chi connectivity index (χ1n) is 8.51. The molecule has 0 atom stereocenters. The van der Waals surface area contributed by atoms with E-state index in [0.29, 0.717) is 11.4 Å². The van der Waals surface area contributed by atoms with Crippen LogP contribution in [0.1, 0.15) is 37.7 Å². The number of carbonyl (C=O) groups is 1. The molecule has 24 heavy (non-hydrogen) atoms. The van der Waals surface area contributed by atoms with Gasteiger partial charge in [-0.15, -0.1) is 0 Å². The Kier molecular flexibility index (Phi) is 5.76. The highest BCUT2D eigenvalue weighted by atomic mass is 35.5. The van der Waals surface area contributed by atoms with E-state index in [0.717, 1.165) is 29.8 Å². The molecule has 0 aliphatic heterocycles. The average Bonchev–Trinajstić information content (AvgIpc) is 2.60. The van der Waals surface area contributed by atoms with Crippen LogP contribution in [0.25, 0.3) is 0 Å². The topological polar surface area (TPSA) is 38.3 Å². The van der Waals surface area contributed by atoms with Crippen molar-refractivity contribution in [3.8, 4) is 5.75 Å². The lowest BCUT2D eigenvalue weighted by molar-refractivity contribution is -0.115. The van der Waals surface area contributed by atoms with Crippen molar-refractivity contribution in [3.63, 3.8) is 0 Å². The molecular weight excluding hydrogens is 322 g/mol. The van der Waals surface area contributed by atoms with E-state index in [1.807, 2.05) is 36.4 Å². The van der Waals surface area contributed by atoms with Gasteiger partial charge < -0.3 is 10.1 Å². The van der Waals surface area contributed by atoms with Crippen molar-refractivity contribution in [2.24, 2.45) is 0 Å². The highest BCUT2D eigenvalue weighted by Gasteiger charge is 2.17. The summed E-state index contributed by atoms with van der Waals surface area (Å²) in [6, 6.07) is 15.0. The molecule has 0 radical (unpaired) electrons. The summed E-state index contributed by atoms with van der Waals surface area (Å²) in [5.74, 6) is 0.700. The van der Waals surface area contributed by atoms with Crippen LogP contribution < -0.4 is 10.1 Å². The van der Waals surface area contributed by atoms with Crippen molar-refractivity contribution in [3.05, 3.63) is 59.1 Å². The minimum atomic E-state index is -0.0583. The molecular formula is C20H22ClNO2. The number of ether oxygens (including phenoxy) is 1. The Morgan fingerprint density at radius 3 is 2.50 bits per heavy atom. The summed E-state index contributed by atoms with van der Waals surface area (Å²) in [5.41, 5.74) is 1.67. The van der Waals surface area contributed by atoms with Crippen molar-refractivity contribution in [2.75, 3.05) is 5.32 Å². The molecule has 1 amide bonds. The van der Waals surface area contributed by atoms with Crippen LogP contribution >= 0.6 is 11.6 Å². The van der Waals surface area contributed by atoms with Crippen LogP contribution in [0.3, 0.4) is 0 Å². The Labute approximate surface area is 148 Å². The molecule has 1 aliphatic rings. The first kappa shape index (κ1) is 16.8. The van der Waals surface area contributed by atoms with Crippen LogP contribution in [-0.4, -0.2) is 12.0 Å². The van der Waals surface area contributed by atoms with E-state index in [-0.39, 0.29) is 12.0 Å². The summed E-state index contributed by atoms with van der Waals surface area (Å²) in [7, 11) is 0. The monoisotopic (exact) mass is 343 g/mol. The third-order valence-corrected chi connectivity index (χ3v) is 4.54. The molecule has 1 saturated carbocycles. The molecule has 2 aromatic rings. The molecule has 3 rings (SSSR count). The Hall–Kier alpha value is -2.00. The first-order valence-corrected chi connectivity index (χ1v) is 8.88. The zero-order chi connectivity index (χ0) is 16.8. The second kappa shape index (κ2) is 8.20. The maximum atomic E-state index is 12.3. The lowest BCUT2D eigenvalue weighted by Gasteiger charge is -2.24. The van der Waals surface area contributed by atoms with E-state index in [2.05, 4.69) is 5.32 Å². The van der Waals surface area contributed by atoms with Gasteiger partial charge in [0.2, 0.25) is 5.91 Å². The largest absolute Gasteiger partial charge is 0.488 e. The lowest BCUT2D eigenvalue weighted by atomic mass is 9.98. The van der Waals surface area contributed by atoms with E-state index < -0.39 is 0 Å². The van der Waals surface area contributed by atoms with Gasteiger partial charge in [0.25, 0.3) is 0 Å². The highest BCUT2D eigenvalue weighted by Crippen LogP contribution is 2.29. The van der Waals surface area contributed by atoms with Crippen molar-refractivity contribution in [2.45, 2.75) is 44.6 Å². The Balaban J connectivity index is 1.63. The quantitative estimate of drug-likeness (QED) is 0.807. The maximum absolute atomic E-state index is 12.3. The molecule has 126 valence electrons. The Morgan fingerprint density at radius 1 is 1.04 bits per heavy atom. The molecule has 0 bridgehead atoms. The number of rotatable bonds is 5. The van der Waals surface area contributed by atoms with E-state index in [9.17, 15) is 4.79 Å². The normalized spacial score (nSPS) is 15.0. The second-order valence-electron chi connectivity index (χ2n) is 6.23. The van der Waals surface area contributed by atoms with Crippen LogP contribution in [-0.2, 0) is 11.2 Å². The van der Waals surface area contributed by atoms with Gasteiger partial charge in [-0.25, -0.2) is 0 Å². The smallest absolute Gasteiger partial charge is 0.228 e. The molecule has 0 saturated heterocycles. The average molecular weight is 344 g/mol. The van der Waals surface area contributed by atoms with E-state index in [1.165, 1.54) is 19.3 Å². The van der Waals surface area contributed by atoms with Crippen molar-refractivity contribution >= 4 is 23.2 Å². The van der Waals surface area contributed by atoms with Gasteiger partial charge in [0, 0.05) is 5.02 Å². The van der Waals surface area contributed by atoms with Crippen LogP contribution in [0.2, 0.25) is 5.02 Å². The molecule has 1 N–H and O–H groups in total. The van der Waals surface area contributed by atoms with Crippen LogP contribution in [0, 0.1) is 0 Å². The summed E-state index contributed by atoms with van der Waals surface area (Å²) >= 11 is 5.87. The number of hydrogen-bond acceptors (Lipinski definition) is 2. The van der Waals surface area contributed by atoms with Crippen LogP contribution in [0.5, 0.6) is 5.75 Å². The maximum Gasteiger partial charge on any atom is 0.228 e. The Bertz CT molecular complexity index is 678. The number of benzene rings is 2. The first-order chi connectivity index (χ1) is 11.7. The number of anilines is 1. The third kappa shape index (κ3) is 4.75. The fraction of sp³-hybridized carbons (Fsp3) is 0.350. The van der Waals surface area contributed by atoms with Crippen molar-refractivity contribution < 1.29 is 9.53 Å². The predicted octanol–water partition coefficient (Wildman–Crippen LogP) is 5.23. The van der Waals surface area contributed by atoms with Gasteiger partial charge in [-0.3, -0.25) is 4.79 Å². The standard InChI is InChI=1S/C20H22ClNO2/c21-16-12-10-15(11-13-16)14-20(23)22-18-8-4-5-9-19(18)24-17-6-2-1-3-7-17/h4-5,8-13,17H,1-3,6-7,14H2,(H,22,23). The van der Waals surface area contributed by atoms with E-state index in [1.54, 1.807) is 12.1 Å². The van der Waals surface area contributed by atoms with Gasteiger partial charge >= 0.3 is 0 Å². The molecule has 1 fully saturated rings. The van der Waals surface area contributed by atoms with Gasteiger partial charge in [-0.1, -0.05) is 42.3 Å². The lowest BCUT2D eigenvalue weighted by Crippen LogP contribution is -2.21. The van der Waals surface area contributed by atoms with Gasteiger partial charge in [-0.2, -0.15) is 0 Å². The zero-order valence-electron chi connectivity index (χ0n) is 13.6. The molecule has 0 heterocycles. The van der Waals surface area contributed by atoms with Crippen LogP contribution in [0.15, 0.2) is 48.5 Å². The van der Waals surface area contributed by atoms with Crippen LogP contribution in [0.4, 0.5) is 5.69 Å². The fourth-order valence-corrected chi connectivity index (χ4v) is 3.14. The van der Waals surface area contributed by atoms with Crippen molar-refractivity contribution in [1.82, 2.24) is 0 Å².